The van der Waals surface area contributed by atoms with Gasteiger partial charge in [0.2, 0.25) is 5.91 Å². The molecule has 0 atom stereocenters. The number of benzene rings is 2. The monoisotopic (exact) mass is 474 g/mol. The van der Waals surface area contributed by atoms with Gasteiger partial charge in [0.05, 0.1) is 5.75 Å². The summed E-state index contributed by atoms with van der Waals surface area (Å²) in [7, 11) is 0. The van der Waals surface area contributed by atoms with E-state index in [2.05, 4.69) is 42.2 Å². The van der Waals surface area contributed by atoms with E-state index in [0.29, 0.717) is 21.3 Å². The quantitative estimate of drug-likeness (QED) is 0.488. The highest BCUT2D eigenvalue weighted by Crippen LogP contribution is 2.27. The van der Waals surface area contributed by atoms with Gasteiger partial charge in [0, 0.05) is 19.7 Å². The van der Waals surface area contributed by atoms with Gasteiger partial charge in [-0.05, 0) is 68.3 Å². The van der Waals surface area contributed by atoms with Crippen molar-refractivity contribution in [2.75, 3.05) is 11.1 Å². The van der Waals surface area contributed by atoms with E-state index in [1.165, 1.54) is 11.8 Å². The van der Waals surface area contributed by atoms with Crippen molar-refractivity contribution in [1.29, 1.82) is 0 Å². The molecule has 118 valence electrons. The fraction of sp³-hybridized carbons (Fsp3) is 0.0667. The molecule has 23 heavy (non-hydrogen) atoms. The predicted octanol–water partition coefficient (Wildman–Crippen LogP) is 5.74. The Morgan fingerprint density at radius 3 is 2.83 bits per heavy atom. The molecule has 2 aromatic carbocycles. The zero-order chi connectivity index (χ0) is 16.4. The average molecular weight is 477 g/mol. The standard InChI is InChI=1S/C15H9Br2ClN2O2S/c16-10-3-2-9(6-11(10)17)19-14(21)7-23-15-20-12-5-8(18)1-4-13(12)22-15/h1-6H,7H2,(H,19,21). The van der Waals surface area contributed by atoms with Gasteiger partial charge in [-0.1, -0.05) is 23.4 Å². The first kappa shape index (κ1) is 16.8. The molecule has 0 saturated carbocycles. The molecule has 0 bridgehead atoms. The number of hydrogen-bond acceptors (Lipinski definition) is 4. The van der Waals surface area contributed by atoms with Crippen molar-refractivity contribution in [3.05, 3.63) is 50.4 Å². The normalized spacial score (nSPS) is 10.9. The summed E-state index contributed by atoms with van der Waals surface area (Å²) in [6, 6.07) is 10.7. The van der Waals surface area contributed by atoms with Crippen molar-refractivity contribution in [3.63, 3.8) is 0 Å². The fourth-order valence-corrected chi connectivity index (χ4v) is 3.27. The zero-order valence-corrected chi connectivity index (χ0v) is 16.2. The van der Waals surface area contributed by atoms with Crippen LogP contribution in [0.3, 0.4) is 0 Å². The second kappa shape index (κ2) is 7.25. The molecule has 1 aromatic heterocycles. The predicted molar refractivity (Wildman–Crippen MR) is 100 cm³/mol. The summed E-state index contributed by atoms with van der Waals surface area (Å²) in [4.78, 5) is 16.3. The Bertz CT molecular complexity index is 885. The van der Waals surface area contributed by atoms with Crippen LogP contribution in [0.4, 0.5) is 5.69 Å². The molecule has 8 heteroatoms. The summed E-state index contributed by atoms with van der Waals surface area (Å²) in [6.07, 6.45) is 0. The number of carbonyl (C=O) groups excluding carboxylic acids is 1. The number of oxazole rings is 1. The molecule has 0 saturated heterocycles. The van der Waals surface area contributed by atoms with E-state index in [1.807, 2.05) is 18.2 Å². The summed E-state index contributed by atoms with van der Waals surface area (Å²) >= 11 is 13.9. The molecular formula is C15H9Br2ClN2O2S. The van der Waals surface area contributed by atoms with Gasteiger partial charge in [-0.2, -0.15) is 0 Å². The highest BCUT2D eigenvalue weighted by Gasteiger charge is 2.10. The molecule has 0 unspecified atom stereocenters. The van der Waals surface area contributed by atoms with E-state index >= 15 is 0 Å². The van der Waals surface area contributed by atoms with Crippen LogP contribution in [-0.2, 0) is 4.79 Å². The number of nitrogens with one attached hydrogen (secondary N) is 1. The van der Waals surface area contributed by atoms with Crippen LogP contribution >= 0.6 is 55.2 Å². The van der Waals surface area contributed by atoms with Gasteiger partial charge in [-0.15, -0.1) is 0 Å². The van der Waals surface area contributed by atoms with Gasteiger partial charge in [0.25, 0.3) is 5.22 Å². The van der Waals surface area contributed by atoms with E-state index in [1.54, 1.807) is 18.2 Å². The van der Waals surface area contributed by atoms with Crippen molar-refractivity contribution in [2.24, 2.45) is 0 Å². The number of amides is 1. The van der Waals surface area contributed by atoms with Crippen LogP contribution in [0.15, 0.2) is 55.0 Å². The number of aromatic nitrogens is 1. The SMILES string of the molecule is O=C(CSc1nc2cc(Cl)ccc2o1)Nc1ccc(Br)c(Br)c1. The molecule has 1 N–H and O–H groups in total. The van der Waals surface area contributed by atoms with Crippen LogP contribution in [0.1, 0.15) is 0 Å². The molecule has 0 aliphatic carbocycles. The molecule has 0 radical (unpaired) electrons. The van der Waals surface area contributed by atoms with Crippen LogP contribution in [0.25, 0.3) is 11.1 Å². The molecule has 1 amide bonds. The van der Waals surface area contributed by atoms with Gasteiger partial charge in [0.15, 0.2) is 5.58 Å². The lowest BCUT2D eigenvalue weighted by Crippen LogP contribution is -2.13. The number of thioether (sulfide) groups is 1. The fourth-order valence-electron chi connectivity index (χ4n) is 1.84. The van der Waals surface area contributed by atoms with E-state index in [4.69, 9.17) is 16.0 Å². The summed E-state index contributed by atoms with van der Waals surface area (Å²) in [5, 5.41) is 3.86. The van der Waals surface area contributed by atoms with Crippen LogP contribution in [0, 0.1) is 0 Å². The Labute approximate surface area is 158 Å². The molecular weight excluding hydrogens is 468 g/mol. The number of halogens is 3. The first-order valence-electron chi connectivity index (χ1n) is 6.45. The minimum Gasteiger partial charge on any atom is -0.431 e. The van der Waals surface area contributed by atoms with E-state index in [9.17, 15) is 4.79 Å². The van der Waals surface area contributed by atoms with Gasteiger partial charge < -0.3 is 9.73 Å². The van der Waals surface area contributed by atoms with E-state index in [-0.39, 0.29) is 11.7 Å². The zero-order valence-electron chi connectivity index (χ0n) is 11.5. The maximum Gasteiger partial charge on any atom is 0.257 e. The Hall–Kier alpha value is -1.02. The molecule has 0 fully saturated rings. The number of fused-ring (bicyclic) bond motifs is 1. The molecule has 3 aromatic rings. The Kier molecular flexibility index (Phi) is 5.31. The van der Waals surface area contributed by atoms with Crippen molar-refractivity contribution in [1.82, 2.24) is 4.98 Å². The second-order valence-electron chi connectivity index (χ2n) is 4.56. The lowest BCUT2D eigenvalue weighted by atomic mass is 10.3. The van der Waals surface area contributed by atoms with Crippen LogP contribution < -0.4 is 5.32 Å². The number of hydrogen-bond donors (Lipinski definition) is 1. The summed E-state index contributed by atoms with van der Waals surface area (Å²) in [5.74, 6) is 0.0679. The third kappa shape index (κ3) is 4.29. The summed E-state index contributed by atoms with van der Waals surface area (Å²) in [5.41, 5.74) is 2.04. The van der Waals surface area contributed by atoms with Crippen LogP contribution in [-0.4, -0.2) is 16.6 Å². The molecule has 0 aliphatic rings. The largest absolute Gasteiger partial charge is 0.431 e. The average Bonchev–Trinajstić information content (AvgIpc) is 2.91. The Morgan fingerprint density at radius 2 is 2.04 bits per heavy atom. The maximum atomic E-state index is 12.0. The molecule has 1 heterocycles. The summed E-state index contributed by atoms with van der Waals surface area (Å²) in [6.45, 7) is 0. The van der Waals surface area contributed by atoms with Crippen molar-refractivity contribution in [2.45, 2.75) is 5.22 Å². The summed E-state index contributed by atoms with van der Waals surface area (Å²) < 4.78 is 7.36. The second-order valence-corrected chi connectivity index (χ2v) is 7.63. The number of nitrogens with zero attached hydrogens (tertiary/aromatic N) is 1. The van der Waals surface area contributed by atoms with E-state index < -0.39 is 0 Å². The number of rotatable bonds is 4. The molecule has 4 nitrogen and oxygen atoms in total. The highest BCUT2D eigenvalue weighted by molar-refractivity contribution is 9.13. The minimum absolute atomic E-state index is 0.135. The van der Waals surface area contributed by atoms with Gasteiger partial charge in [-0.25, -0.2) is 4.98 Å². The smallest absolute Gasteiger partial charge is 0.257 e. The molecule has 0 spiro atoms. The van der Waals surface area contributed by atoms with Gasteiger partial charge in [-0.3, -0.25) is 4.79 Å². The first-order valence-corrected chi connectivity index (χ1v) is 9.40. The Balaban J connectivity index is 1.62. The molecule has 0 aliphatic heterocycles. The minimum atomic E-state index is -0.135. The maximum absolute atomic E-state index is 12.0. The van der Waals surface area contributed by atoms with Crippen molar-refractivity contribution in [3.8, 4) is 0 Å². The molecule has 3 rings (SSSR count). The van der Waals surface area contributed by atoms with E-state index in [0.717, 1.165) is 14.6 Å². The van der Waals surface area contributed by atoms with Gasteiger partial charge in [0.1, 0.15) is 5.52 Å². The topological polar surface area (TPSA) is 55.1 Å². The first-order chi connectivity index (χ1) is 11.0. The third-order valence-corrected chi connectivity index (χ3v) is 5.80. The van der Waals surface area contributed by atoms with Crippen LogP contribution in [0.2, 0.25) is 5.02 Å². The van der Waals surface area contributed by atoms with Crippen molar-refractivity contribution >= 4 is 77.9 Å². The Morgan fingerprint density at radius 1 is 1.22 bits per heavy atom. The number of anilines is 1. The third-order valence-electron chi connectivity index (χ3n) is 2.86. The number of carbonyl (C=O) groups is 1. The lowest BCUT2D eigenvalue weighted by Gasteiger charge is -2.05. The van der Waals surface area contributed by atoms with Gasteiger partial charge >= 0.3 is 0 Å². The van der Waals surface area contributed by atoms with Crippen LogP contribution in [0.5, 0.6) is 0 Å². The van der Waals surface area contributed by atoms with Crippen molar-refractivity contribution < 1.29 is 9.21 Å². The lowest BCUT2D eigenvalue weighted by molar-refractivity contribution is -0.113. The highest BCUT2D eigenvalue weighted by atomic mass is 79.9.